The Morgan fingerprint density at radius 1 is 1.11 bits per heavy atom. The van der Waals surface area contributed by atoms with Gasteiger partial charge in [0.1, 0.15) is 11.3 Å². The van der Waals surface area contributed by atoms with Crippen LogP contribution in [-0.2, 0) is 25.9 Å². The number of nitrogens with zero attached hydrogens (tertiary/aromatic N) is 1. The second kappa shape index (κ2) is 12.3. The summed E-state index contributed by atoms with van der Waals surface area (Å²) in [5.41, 5.74) is 2.16. The van der Waals surface area contributed by atoms with Crippen molar-refractivity contribution in [3.05, 3.63) is 105 Å². The minimum atomic E-state index is -0.509. The van der Waals surface area contributed by atoms with E-state index in [1.807, 2.05) is 30.3 Å². The van der Waals surface area contributed by atoms with Crippen molar-refractivity contribution in [3.8, 4) is 0 Å². The van der Waals surface area contributed by atoms with Crippen LogP contribution in [0.1, 0.15) is 27.2 Å². The third-order valence-corrected chi connectivity index (χ3v) is 7.02. The molecule has 2 heterocycles. The van der Waals surface area contributed by atoms with E-state index < -0.39 is 12.0 Å². The van der Waals surface area contributed by atoms with Crippen molar-refractivity contribution in [3.63, 3.8) is 0 Å². The summed E-state index contributed by atoms with van der Waals surface area (Å²) in [7, 11) is 1.73. The summed E-state index contributed by atoms with van der Waals surface area (Å²) in [6.07, 6.45) is 0.973. The first-order valence-electron chi connectivity index (χ1n) is 11.6. The van der Waals surface area contributed by atoms with Crippen molar-refractivity contribution in [2.24, 2.45) is 7.05 Å². The monoisotopic (exact) mass is 525 g/mol. The third-order valence-electron chi connectivity index (χ3n) is 5.61. The number of carbonyl (C=O) groups is 1. The molecule has 2 aromatic heterocycles. The summed E-state index contributed by atoms with van der Waals surface area (Å²) in [4.78, 5) is 25.7. The summed E-state index contributed by atoms with van der Waals surface area (Å²) in [6.45, 7) is 1.03. The van der Waals surface area contributed by atoms with Gasteiger partial charge in [-0.3, -0.25) is 9.59 Å². The number of rotatable bonds is 11. The van der Waals surface area contributed by atoms with E-state index in [0.717, 1.165) is 11.3 Å². The molecule has 0 fully saturated rings. The molecule has 0 saturated carbocycles. The molecule has 0 radical (unpaired) electrons. The van der Waals surface area contributed by atoms with Crippen LogP contribution in [0.5, 0.6) is 0 Å². The van der Waals surface area contributed by atoms with Crippen LogP contribution in [-0.4, -0.2) is 34.0 Å². The summed E-state index contributed by atoms with van der Waals surface area (Å²) >= 11 is 7.57. The molecule has 1 atom stereocenters. The molecule has 4 aromatic rings. The van der Waals surface area contributed by atoms with E-state index in [1.54, 1.807) is 41.6 Å². The smallest absolute Gasteiger partial charge is 0.257 e. The Balaban J connectivity index is 1.32. The lowest BCUT2D eigenvalue weighted by Gasteiger charge is -2.11. The van der Waals surface area contributed by atoms with Crippen LogP contribution in [0.3, 0.4) is 0 Å². The molecule has 1 unspecified atom stereocenters. The Bertz CT molecular complexity index is 1370. The number of aliphatic hydroxyl groups excluding tert-OH is 1. The number of benzene rings is 2. The van der Waals surface area contributed by atoms with Crippen LogP contribution < -0.4 is 16.1 Å². The SMILES string of the molecule is Cn1cc(C(=O)NCc2ccc(Cl)cc2)c(=O)c2cc(CNCC(O)CSCc3ccccc3)oc21. The highest BCUT2D eigenvalue weighted by atomic mass is 35.5. The fourth-order valence-electron chi connectivity index (χ4n) is 3.75. The number of nitrogens with one attached hydrogen (secondary N) is 2. The van der Waals surface area contributed by atoms with E-state index in [-0.39, 0.29) is 17.5 Å². The lowest BCUT2D eigenvalue weighted by molar-refractivity contribution is 0.0949. The normalized spacial score (nSPS) is 12.1. The van der Waals surface area contributed by atoms with Crippen LogP contribution in [0.4, 0.5) is 0 Å². The maximum absolute atomic E-state index is 13.0. The predicted octanol–water partition coefficient (Wildman–Crippen LogP) is 4.10. The van der Waals surface area contributed by atoms with E-state index in [1.165, 1.54) is 11.8 Å². The fourth-order valence-corrected chi connectivity index (χ4v) is 4.81. The van der Waals surface area contributed by atoms with Crippen LogP contribution in [0.15, 0.2) is 76.1 Å². The van der Waals surface area contributed by atoms with Gasteiger partial charge in [-0.2, -0.15) is 11.8 Å². The zero-order chi connectivity index (χ0) is 25.5. The first-order chi connectivity index (χ1) is 17.4. The maximum atomic E-state index is 13.0. The van der Waals surface area contributed by atoms with E-state index in [0.29, 0.717) is 40.7 Å². The van der Waals surface area contributed by atoms with Crippen molar-refractivity contribution in [1.29, 1.82) is 0 Å². The number of amides is 1. The van der Waals surface area contributed by atoms with Gasteiger partial charge >= 0.3 is 0 Å². The first-order valence-corrected chi connectivity index (χ1v) is 13.1. The van der Waals surface area contributed by atoms with Gasteiger partial charge in [-0.15, -0.1) is 0 Å². The number of fused-ring (bicyclic) bond motifs is 1. The summed E-state index contributed by atoms with van der Waals surface area (Å²) in [5, 5.41) is 17.2. The lowest BCUT2D eigenvalue weighted by Crippen LogP contribution is -2.29. The molecule has 9 heteroatoms. The van der Waals surface area contributed by atoms with E-state index in [2.05, 4.69) is 22.8 Å². The average Bonchev–Trinajstić information content (AvgIpc) is 3.31. The Morgan fingerprint density at radius 3 is 2.61 bits per heavy atom. The number of hydrogen-bond acceptors (Lipinski definition) is 6. The summed E-state index contributed by atoms with van der Waals surface area (Å²) < 4.78 is 7.48. The molecule has 3 N–H and O–H groups in total. The van der Waals surface area contributed by atoms with Crippen LogP contribution in [0, 0.1) is 0 Å². The molecule has 0 bridgehead atoms. The standard InChI is InChI=1S/C27H28ClN3O4S/c1-31-15-24(26(34)30-12-18-7-9-20(28)10-8-18)25(33)23-11-22(35-27(23)31)14-29-13-21(32)17-36-16-19-5-3-2-4-6-19/h2-11,15,21,29,32H,12-14,16-17H2,1H3,(H,30,34). The Labute approximate surface area is 218 Å². The highest BCUT2D eigenvalue weighted by Crippen LogP contribution is 2.17. The summed E-state index contributed by atoms with van der Waals surface area (Å²) in [5.74, 6) is 1.56. The molecular formula is C27H28ClN3O4S. The van der Waals surface area contributed by atoms with Gasteiger partial charge < -0.3 is 24.7 Å². The van der Waals surface area contributed by atoms with Gasteiger partial charge in [0.05, 0.1) is 18.0 Å². The van der Waals surface area contributed by atoms with Crippen LogP contribution in [0.2, 0.25) is 5.02 Å². The van der Waals surface area contributed by atoms with Crippen molar-refractivity contribution in [1.82, 2.24) is 15.2 Å². The third kappa shape index (κ3) is 6.79. The quantitative estimate of drug-likeness (QED) is 0.273. The number of furan rings is 1. The summed E-state index contributed by atoms with van der Waals surface area (Å²) in [6, 6.07) is 18.9. The lowest BCUT2D eigenvalue weighted by atomic mass is 10.2. The van der Waals surface area contributed by atoms with Crippen molar-refractivity contribution in [2.45, 2.75) is 24.9 Å². The molecule has 0 spiro atoms. The van der Waals surface area contributed by atoms with Gasteiger partial charge in [0.2, 0.25) is 11.1 Å². The Morgan fingerprint density at radius 2 is 1.86 bits per heavy atom. The highest BCUT2D eigenvalue weighted by molar-refractivity contribution is 7.98. The highest BCUT2D eigenvalue weighted by Gasteiger charge is 2.18. The number of halogens is 1. The molecule has 1 amide bonds. The molecule has 188 valence electrons. The van der Waals surface area contributed by atoms with Gasteiger partial charge in [-0.25, -0.2) is 0 Å². The number of aromatic nitrogens is 1. The minimum absolute atomic E-state index is 0.0464. The van der Waals surface area contributed by atoms with Gasteiger partial charge in [0, 0.05) is 42.9 Å². The van der Waals surface area contributed by atoms with Crippen LogP contribution in [0.25, 0.3) is 11.1 Å². The van der Waals surface area contributed by atoms with E-state index >= 15 is 0 Å². The van der Waals surface area contributed by atoms with Crippen molar-refractivity contribution >= 4 is 40.4 Å². The van der Waals surface area contributed by atoms with Crippen molar-refractivity contribution < 1.29 is 14.3 Å². The number of aliphatic hydroxyl groups is 1. The second-order valence-corrected chi connectivity index (χ2v) is 9.98. The Kier molecular flexibility index (Phi) is 8.88. The molecule has 7 nitrogen and oxygen atoms in total. The molecule has 0 aliphatic heterocycles. The molecule has 36 heavy (non-hydrogen) atoms. The number of hydrogen-bond donors (Lipinski definition) is 3. The predicted molar refractivity (Wildman–Crippen MR) is 144 cm³/mol. The number of carbonyl (C=O) groups excluding carboxylic acids is 1. The fraction of sp³-hybridized carbons (Fsp3) is 0.259. The van der Waals surface area contributed by atoms with Gasteiger partial charge in [-0.1, -0.05) is 54.1 Å². The largest absolute Gasteiger partial charge is 0.443 e. The molecule has 0 aliphatic rings. The molecule has 4 rings (SSSR count). The maximum Gasteiger partial charge on any atom is 0.257 e. The van der Waals surface area contributed by atoms with E-state index in [4.69, 9.17) is 16.0 Å². The zero-order valence-corrected chi connectivity index (χ0v) is 21.4. The van der Waals surface area contributed by atoms with Gasteiger partial charge in [0.25, 0.3) is 5.91 Å². The Hall–Kier alpha value is -3.04. The topological polar surface area (TPSA) is 96.5 Å². The first kappa shape index (κ1) is 26.0. The molecule has 0 saturated heterocycles. The molecule has 2 aromatic carbocycles. The molecular weight excluding hydrogens is 498 g/mol. The van der Waals surface area contributed by atoms with Crippen LogP contribution >= 0.6 is 23.4 Å². The average molecular weight is 526 g/mol. The minimum Gasteiger partial charge on any atom is -0.443 e. The number of thioether (sulfide) groups is 1. The number of aryl methyl sites for hydroxylation is 1. The van der Waals surface area contributed by atoms with Crippen molar-refractivity contribution in [2.75, 3.05) is 12.3 Å². The number of pyridine rings is 1. The van der Waals surface area contributed by atoms with Gasteiger partial charge in [-0.05, 0) is 29.3 Å². The molecule has 0 aliphatic carbocycles. The second-order valence-electron chi connectivity index (χ2n) is 8.51. The zero-order valence-electron chi connectivity index (χ0n) is 19.9. The van der Waals surface area contributed by atoms with Gasteiger partial charge in [0.15, 0.2) is 0 Å². The van der Waals surface area contributed by atoms with E-state index in [9.17, 15) is 14.7 Å².